The Hall–Kier alpha value is -3.40. The van der Waals surface area contributed by atoms with E-state index in [4.69, 9.17) is 9.47 Å². The lowest BCUT2D eigenvalue weighted by atomic mass is 10.2. The summed E-state index contributed by atoms with van der Waals surface area (Å²) in [6.45, 7) is 1.37. The number of H-pyrrole nitrogens is 1. The van der Waals surface area contributed by atoms with Gasteiger partial charge in [0.25, 0.3) is 0 Å². The lowest BCUT2D eigenvalue weighted by Crippen LogP contribution is -2.40. The van der Waals surface area contributed by atoms with Crippen LogP contribution in [0, 0.1) is 11.3 Å². The van der Waals surface area contributed by atoms with Crippen LogP contribution in [0.3, 0.4) is 0 Å². The highest BCUT2D eigenvalue weighted by molar-refractivity contribution is 7.89. The summed E-state index contributed by atoms with van der Waals surface area (Å²) in [6, 6.07) is 6.68. The number of anilines is 3. The van der Waals surface area contributed by atoms with Crippen molar-refractivity contribution >= 4 is 38.5 Å². The lowest BCUT2D eigenvalue weighted by molar-refractivity contribution is 0.0730. The largest absolute Gasteiger partial charge is 0.495 e. The second-order valence-corrected chi connectivity index (χ2v) is 8.63. The van der Waals surface area contributed by atoms with Gasteiger partial charge >= 0.3 is 0 Å². The summed E-state index contributed by atoms with van der Waals surface area (Å²) in [7, 11) is -0.498. The average molecular weight is 443 g/mol. The van der Waals surface area contributed by atoms with E-state index in [0.29, 0.717) is 60.2 Å². The van der Waals surface area contributed by atoms with Gasteiger partial charge in [-0.1, -0.05) is 0 Å². The van der Waals surface area contributed by atoms with Crippen molar-refractivity contribution in [2.45, 2.75) is 4.90 Å². The zero-order valence-electron chi connectivity index (χ0n) is 17.0. The average Bonchev–Trinajstić information content (AvgIpc) is 3.22. The highest BCUT2D eigenvalue weighted by atomic mass is 32.2. The summed E-state index contributed by atoms with van der Waals surface area (Å²) in [5.41, 5.74) is 1.42. The second kappa shape index (κ2) is 8.38. The minimum absolute atomic E-state index is 0.132. The molecule has 4 rings (SSSR count). The van der Waals surface area contributed by atoms with Crippen LogP contribution in [0.15, 0.2) is 29.3 Å². The number of aromatic nitrogens is 3. The first-order valence-corrected chi connectivity index (χ1v) is 10.9. The smallest absolute Gasteiger partial charge is 0.243 e. The van der Waals surface area contributed by atoms with Crippen LogP contribution in [0.25, 0.3) is 11.0 Å². The minimum Gasteiger partial charge on any atom is -0.495 e. The molecule has 0 aliphatic carbocycles. The quantitative estimate of drug-likeness (QED) is 0.517. The standard InChI is InChI=1S/C19H21N7O4S/c1-21-17-16-12(10-20)11-22-18(16)25-19(24-17)23-14-4-3-13(9-15(14)29-2)31(27,28)26-5-7-30-8-6-26/h3-4,9,11H,5-8H2,1-2H3,(H3,21,22,23,24,25). The third-order valence-electron chi connectivity index (χ3n) is 4.92. The van der Waals surface area contributed by atoms with Gasteiger partial charge in [0.2, 0.25) is 16.0 Å². The Labute approximate surface area is 179 Å². The van der Waals surface area contributed by atoms with Crippen molar-refractivity contribution in [3.05, 3.63) is 30.0 Å². The number of ether oxygens (including phenoxy) is 2. The first-order valence-electron chi connectivity index (χ1n) is 9.48. The fourth-order valence-electron chi connectivity index (χ4n) is 3.35. The Morgan fingerprint density at radius 3 is 2.74 bits per heavy atom. The van der Waals surface area contributed by atoms with Crippen LogP contribution >= 0.6 is 0 Å². The second-order valence-electron chi connectivity index (χ2n) is 6.69. The maximum absolute atomic E-state index is 12.9. The summed E-state index contributed by atoms with van der Waals surface area (Å²) in [5.74, 6) is 1.06. The summed E-state index contributed by atoms with van der Waals surface area (Å²) in [5, 5.41) is 15.9. The molecule has 1 aliphatic rings. The van der Waals surface area contributed by atoms with Crippen molar-refractivity contribution in [2.24, 2.45) is 0 Å². The van der Waals surface area contributed by atoms with Gasteiger partial charge in [-0.05, 0) is 12.1 Å². The number of methoxy groups -OCH3 is 1. The fraction of sp³-hybridized carbons (Fsp3) is 0.316. The number of hydrogen-bond donors (Lipinski definition) is 3. The van der Waals surface area contributed by atoms with Gasteiger partial charge in [-0.2, -0.15) is 19.5 Å². The molecule has 3 N–H and O–H groups in total. The van der Waals surface area contributed by atoms with E-state index in [2.05, 4.69) is 31.7 Å². The first-order chi connectivity index (χ1) is 15.0. The van der Waals surface area contributed by atoms with E-state index in [-0.39, 0.29) is 10.8 Å². The molecule has 1 aromatic carbocycles. The monoisotopic (exact) mass is 443 g/mol. The molecule has 1 saturated heterocycles. The number of sulfonamides is 1. The third-order valence-corrected chi connectivity index (χ3v) is 6.81. The Morgan fingerprint density at radius 1 is 1.29 bits per heavy atom. The maximum Gasteiger partial charge on any atom is 0.243 e. The summed E-state index contributed by atoms with van der Waals surface area (Å²) >= 11 is 0. The zero-order valence-corrected chi connectivity index (χ0v) is 17.8. The predicted molar refractivity (Wildman–Crippen MR) is 114 cm³/mol. The molecule has 3 aromatic rings. The zero-order chi connectivity index (χ0) is 22.0. The molecule has 2 aromatic heterocycles. The van der Waals surface area contributed by atoms with Gasteiger partial charge < -0.3 is 25.1 Å². The number of aromatic amines is 1. The van der Waals surface area contributed by atoms with Gasteiger partial charge in [-0.3, -0.25) is 0 Å². The van der Waals surface area contributed by atoms with Crippen LogP contribution in [0.5, 0.6) is 5.75 Å². The van der Waals surface area contributed by atoms with Gasteiger partial charge in [0, 0.05) is 32.4 Å². The molecule has 0 bridgehead atoms. The van der Waals surface area contributed by atoms with Crippen LogP contribution in [0.4, 0.5) is 17.5 Å². The molecule has 0 radical (unpaired) electrons. The van der Waals surface area contributed by atoms with E-state index in [9.17, 15) is 13.7 Å². The van der Waals surface area contributed by atoms with Crippen LogP contribution in [-0.4, -0.2) is 68.1 Å². The van der Waals surface area contributed by atoms with Crippen molar-refractivity contribution in [2.75, 3.05) is 51.1 Å². The van der Waals surface area contributed by atoms with Crippen LogP contribution in [0.1, 0.15) is 5.56 Å². The van der Waals surface area contributed by atoms with Gasteiger partial charge in [0.05, 0.1) is 41.9 Å². The number of fused-ring (bicyclic) bond motifs is 1. The van der Waals surface area contributed by atoms with E-state index in [0.717, 1.165) is 0 Å². The Kier molecular flexibility index (Phi) is 5.64. The van der Waals surface area contributed by atoms with Crippen LogP contribution < -0.4 is 15.4 Å². The fourth-order valence-corrected chi connectivity index (χ4v) is 4.77. The maximum atomic E-state index is 12.9. The molecular formula is C19H21N7O4S. The number of nitrogens with zero attached hydrogens (tertiary/aromatic N) is 4. The van der Waals surface area contributed by atoms with Crippen molar-refractivity contribution in [1.29, 1.82) is 5.26 Å². The molecule has 0 amide bonds. The number of rotatable bonds is 6. The molecule has 12 heteroatoms. The molecular weight excluding hydrogens is 422 g/mol. The molecule has 0 atom stereocenters. The van der Waals surface area contributed by atoms with Crippen molar-refractivity contribution in [3.63, 3.8) is 0 Å². The molecule has 1 aliphatic heterocycles. The van der Waals surface area contributed by atoms with E-state index >= 15 is 0 Å². The molecule has 11 nitrogen and oxygen atoms in total. The van der Waals surface area contributed by atoms with Crippen LogP contribution in [0.2, 0.25) is 0 Å². The van der Waals surface area contributed by atoms with Crippen molar-refractivity contribution < 1.29 is 17.9 Å². The SMILES string of the molecule is CNc1nc(Nc2ccc(S(=O)(=O)N3CCOCC3)cc2OC)nc2[nH]cc(C#N)c12. The van der Waals surface area contributed by atoms with E-state index in [1.165, 1.54) is 23.5 Å². The summed E-state index contributed by atoms with van der Waals surface area (Å²) < 4.78 is 37.9. The lowest BCUT2D eigenvalue weighted by Gasteiger charge is -2.26. The highest BCUT2D eigenvalue weighted by Gasteiger charge is 2.27. The van der Waals surface area contributed by atoms with Gasteiger partial charge in [-0.15, -0.1) is 0 Å². The van der Waals surface area contributed by atoms with Crippen molar-refractivity contribution in [1.82, 2.24) is 19.3 Å². The molecule has 0 spiro atoms. The Bertz CT molecular complexity index is 1260. The Balaban J connectivity index is 1.67. The number of benzene rings is 1. The van der Waals surface area contributed by atoms with E-state index in [1.807, 2.05) is 0 Å². The van der Waals surface area contributed by atoms with Gasteiger partial charge in [0.1, 0.15) is 23.3 Å². The van der Waals surface area contributed by atoms with Gasteiger partial charge in [0.15, 0.2) is 0 Å². The predicted octanol–water partition coefficient (Wildman–Crippen LogP) is 1.64. The third kappa shape index (κ3) is 3.86. The molecule has 31 heavy (non-hydrogen) atoms. The normalized spacial score (nSPS) is 14.9. The highest BCUT2D eigenvalue weighted by Crippen LogP contribution is 2.32. The Morgan fingerprint density at radius 2 is 2.06 bits per heavy atom. The number of nitrogens with one attached hydrogen (secondary N) is 3. The minimum atomic E-state index is -3.66. The molecule has 162 valence electrons. The first kappa shape index (κ1) is 20.9. The van der Waals surface area contributed by atoms with E-state index < -0.39 is 10.0 Å². The van der Waals surface area contributed by atoms with E-state index in [1.54, 1.807) is 19.3 Å². The topological polar surface area (TPSA) is 145 Å². The van der Waals surface area contributed by atoms with Gasteiger partial charge in [-0.25, -0.2) is 8.42 Å². The summed E-state index contributed by atoms with van der Waals surface area (Å²) in [6.07, 6.45) is 1.57. The molecule has 1 fully saturated rings. The number of morpholine rings is 1. The molecule has 3 heterocycles. The number of nitriles is 1. The van der Waals surface area contributed by atoms with Crippen LogP contribution in [-0.2, 0) is 14.8 Å². The summed E-state index contributed by atoms with van der Waals surface area (Å²) in [4.78, 5) is 11.9. The number of hydrogen-bond acceptors (Lipinski definition) is 9. The molecule has 0 unspecified atom stereocenters. The van der Waals surface area contributed by atoms with Crippen molar-refractivity contribution in [3.8, 4) is 11.8 Å². The molecule has 0 saturated carbocycles.